The average molecular weight is 396 g/mol. The van der Waals surface area contributed by atoms with Crippen LogP contribution in [0.25, 0.3) is 0 Å². The first kappa shape index (κ1) is 20.6. The van der Waals surface area contributed by atoms with Crippen molar-refractivity contribution in [1.82, 2.24) is 15.3 Å². The Morgan fingerprint density at radius 3 is 2.90 bits per heavy atom. The molecule has 1 amide bonds. The third kappa shape index (κ3) is 4.46. The topological polar surface area (TPSA) is 123 Å². The van der Waals surface area contributed by atoms with Gasteiger partial charge < -0.3 is 21.1 Å². The van der Waals surface area contributed by atoms with Gasteiger partial charge >= 0.3 is 0 Å². The predicted molar refractivity (Wildman–Crippen MR) is 113 cm³/mol. The zero-order chi connectivity index (χ0) is 21.0. The van der Waals surface area contributed by atoms with Crippen molar-refractivity contribution in [3.63, 3.8) is 0 Å². The predicted octanol–water partition coefficient (Wildman–Crippen LogP) is 2.18. The molecule has 1 fully saturated rings. The van der Waals surface area contributed by atoms with E-state index in [1.54, 1.807) is 13.1 Å². The number of rotatable bonds is 7. The molecule has 0 radical (unpaired) electrons. The quantitative estimate of drug-likeness (QED) is 0.566. The van der Waals surface area contributed by atoms with E-state index < -0.39 is 0 Å². The minimum atomic E-state index is -0.365. The van der Waals surface area contributed by atoms with Crippen LogP contribution in [-0.2, 0) is 6.42 Å². The summed E-state index contributed by atoms with van der Waals surface area (Å²) in [6.45, 7) is 4.55. The SMILES string of the molecule is CNC(=O)c1cccc(CCNc2ncc(C#N)c(N[C@@H]3C[C@H](O)C3(C)C)n2)c1.[HH]. The van der Waals surface area contributed by atoms with Gasteiger partial charge in [0.25, 0.3) is 5.91 Å². The smallest absolute Gasteiger partial charge is 0.251 e. The van der Waals surface area contributed by atoms with Crippen molar-refractivity contribution in [2.24, 2.45) is 5.41 Å². The van der Waals surface area contributed by atoms with Crippen molar-refractivity contribution in [2.75, 3.05) is 24.2 Å². The zero-order valence-corrected chi connectivity index (χ0v) is 16.9. The number of nitrogens with one attached hydrogen (secondary N) is 3. The summed E-state index contributed by atoms with van der Waals surface area (Å²) in [6, 6.07) is 9.60. The molecule has 1 heterocycles. The minimum absolute atomic E-state index is 0. The van der Waals surface area contributed by atoms with Crippen molar-refractivity contribution in [3.05, 3.63) is 47.2 Å². The van der Waals surface area contributed by atoms with Gasteiger partial charge in [0.05, 0.1) is 12.3 Å². The van der Waals surface area contributed by atoms with Crippen LogP contribution in [-0.4, -0.2) is 46.7 Å². The molecular formula is C21H28N6O2. The normalized spacial score (nSPS) is 19.6. The lowest BCUT2D eigenvalue weighted by Gasteiger charge is -2.49. The molecule has 0 bridgehead atoms. The van der Waals surface area contributed by atoms with Gasteiger partial charge in [-0.1, -0.05) is 26.0 Å². The molecule has 1 aliphatic carbocycles. The number of nitriles is 1. The van der Waals surface area contributed by atoms with E-state index in [4.69, 9.17) is 0 Å². The average Bonchev–Trinajstić information content (AvgIpc) is 2.73. The third-order valence-electron chi connectivity index (χ3n) is 5.55. The minimum Gasteiger partial charge on any atom is -0.392 e. The molecule has 3 rings (SSSR count). The summed E-state index contributed by atoms with van der Waals surface area (Å²) in [6.07, 6.45) is 2.44. The number of amides is 1. The number of carbonyl (C=O) groups excluding carboxylic acids is 1. The molecule has 1 aromatic heterocycles. The monoisotopic (exact) mass is 396 g/mol. The molecule has 8 nitrogen and oxygen atoms in total. The van der Waals surface area contributed by atoms with Gasteiger partial charge in [-0.15, -0.1) is 0 Å². The second-order valence-electron chi connectivity index (χ2n) is 7.79. The van der Waals surface area contributed by atoms with Crippen LogP contribution >= 0.6 is 0 Å². The van der Waals surface area contributed by atoms with Crippen LogP contribution in [0.4, 0.5) is 11.8 Å². The summed E-state index contributed by atoms with van der Waals surface area (Å²) < 4.78 is 0. The van der Waals surface area contributed by atoms with Crippen LogP contribution in [0.3, 0.4) is 0 Å². The second-order valence-corrected chi connectivity index (χ2v) is 7.79. The van der Waals surface area contributed by atoms with E-state index in [9.17, 15) is 15.2 Å². The van der Waals surface area contributed by atoms with E-state index in [2.05, 4.69) is 32.0 Å². The van der Waals surface area contributed by atoms with Gasteiger partial charge in [-0.05, 0) is 30.5 Å². The van der Waals surface area contributed by atoms with Crippen LogP contribution in [0.2, 0.25) is 0 Å². The van der Waals surface area contributed by atoms with E-state index in [-0.39, 0.29) is 24.9 Å². The highest BCUT2D eigenvalue weighted by atomic mass is 16.3. The fourth-order valence-corrected chi connectivity index (χ4v) is 3.30. The fraction of sp³-hybridized carbons (Fsp3) is 0.429. The molecule has 2 atom stereocenters. The number of aromatic nitrogens is 2. The first-order chi connectivity index (χ1) is 13.8. The van der Waals surface area contributed by atoms with Gasteiger partial charge in [0.15, 0.2) is 0 Å². The maximum atomic E-state index is 11.7. The summed E-state index contributed by atoms with van der Waals surface area (Å²) in [4.78, 5) is 20.4. The number of nitrogens with zero attached hydrogens (tertiary/aromatic N) is 3. The Morgan fingerprint density at radius 2 is 2.24 bits per heavy atom. The molecule has 4 N–H and O–H groups in total. The Morgan fingerprint density at radius 1 is 1.45 bits per heavy atom. The van der Waals surface area contributed by atoms with Crippen molar-refractivity contribution < 1.29 is 11.3 Å². The summed E-state index contributed by atoms with van der Waals surface area (Å²) in [5.74, 6) is 0.776. The van der Waals surface area contributed by atoms with Crippen LogP contribution in [0.15, 0.2) is 30.5 Å². The Hall–Kier alpha value is -3.18. The highest BCUT2D eigenvalue weighted by Crippen LogP contribution is 2.42. The van der Waals surface area contributed by atoms with E-state index in [1.165, 1.54) is 6.20 Å². The maximum absolute atomic E-state index is 11.7. The van der Waals surface area contributed by atoms with Crippen LogP contribution in [0.1, 0.15) is 43.2 Å². The van der Waals surface area contributed by atoms with Gasteiger partial charge in [0.1, 0.15) is 17.5 Å². The molecule has 0 saturated heterocycles. The third-order valence-corrected chi connectivity index (χ3v) is 5.55. The first-order valence-electron chi connectivity index (χ1n) is 9.61. The Bertz CT molecular complexity index is 943. The Kier molecular flexibility index (Phi) is 5.99. The number of aliphatic hydroxyl groups is 1. The van der Waals surface area contributed by atoms with E-state index in [1.807, 2.05) is 32.0 Å². The maximum Gasteiger partial charge on any atom is 0.251 e. The fourth-order valence-electron chi connectivity index (χ4n) is 3.30. The zero-order valence-electron chi connectivity index (χ0n) is 16.9. The lowest BCUT2D eigenvalue weighted by Crippen LogP contribution is -2.57. The highest BCUT2D eigenvalue weighted by molar-refractivity contribution is 5.94. The van der Waals surface area contributed by atoms with Crippen LogP contribution in [0, 0.1) is 16.7 Å². The van der Waals surface area contributed by atoms with Crippen molar-refractivity contribution in [3.8, 4) is 6.07 Å². The highest BCUT2D eigenvalue weighted by Gasteiger charge is 2.47. The molecule has 1 saturated carbocycles. The Labute approximate surface area is 171 Å². The van der Waals surface area contributed by atoms with E-state index >= 15 is 0 Å². The van der Waals surface area contributed by atoms with E-state index in [0.717, 1.165) is 5.56 Å². The van der Waals surface area contributed by atoms with Crippen molar-refractivity contribution >= 4 is 17.7 Å². The van der Waals surface area contributed by atoms with Gasteiger partial charge in [-0.2, -0.15) is 10.2 Å². The number of anilines is 2. The van der Waals surface area contributed by atoms with Crippen molar-refractivity contribution in [1.29, 1.82) is 5.26 Å². The van der Waals surface area contributed by atoms with Crippen LogP contribution < -0.4 is 16.0 Å². The number of aliphatic hydroxyl groups excluding tert-OH is 1. The molecule has 154 valence electrons. The van der Waals surface area contributed by atoms with Gasteiger partial charge in [0.2, 0.25) is 5.95 Å². The molecule has 8 heteroatoms. The Balaban J connectivity index is 0.00000320. The summed E-state index contributed by atoms with van der Waals surface area (Å²) >= 11 is 0. The van der Waals surface area contributed by atoms with Crippen LogP contribution in [0.5, 0.6) is 0 Å². The van der Waals surface area contributed by atoms with Gasteiger partial charge in [0, 0.05) is 32.0 Å². The molecule has 1 aromatic carbocycles. The lowest BCUT2D eigenvalue weighted by atomic mass is 9.64. The summed E-state index contributed by atoms with van der Waals surface area (Å²) in [5.41, 5.74) is 1.74. The molecule has 1 aliphatic rings. The van der Waals surface area contributed by atoms with Gasteiger partial charge in [-0.25, -0.2) is 4.98 Å². The lowest BCUT2D eigenvalue weighted by molar-refractivity contribution is -0.0511. The van der Waals surface area contributed by atoms with E-state index in [0.29, 0.717) is 42.3 Å². The first-order valence-corrected chi connectivity index (χ1v) is 9.61. The van der Waals surface area contributed by atoms with Crippen molar-refractivity contribution in [2.45, 2.75) is 38.8 Å². The second kappa shape index (κ2) is 8.45. The standard InChI is InChI=1S/C21H26N6O2.H2/c1-21(2)16(10-17(21)28)26-18-15(11-22)12-25-20(27-18)24-8-7-13-5-4-6-14(9-13)19(29)23-3;/h4-6,9,12,16-17,28H,7-8,10H2,1-3H3,(H,23,29)(H2,24,25,26,27);1H/t16-,17+;/m1./s1. The summed E-state index contributed by atoms with van der Waals surface area (Å²) in [7, 11) is 1.61. The molecule has 29 heavy (non-hydrogen) atoms. The molecular weight excluding hydrogens is 368 g/mol. The number of hydrogen-bond donors (Lipinski definition) is 4. The molecule has 0 spiro atoms. The number of hydrogen-bond acceptors (Lipinski definition) is 7. The number of carbonyl (C=O) groups is 1. The van der Waals surface area contributed by atoms with Gasteiger partial charge in [-0.3, -0.25) is 4.79 Å². The molecule has 0 aliphatic heterocycles. The summed E-state index contributed by atoms with van der Waals surface area (Å²) in [5, 5.41) is 28.3. The number of benzene rings is 1. The molecule has 0 unspecified atom stereocenters. The molecule has 2 aromatic rings. The largest absolute Gasteiger partial charge is 0.392 e.